The van der Waals surface area contributed by atoms with Crippen LogP contribution in [0.2, 0.25) is 0 Å². The first-order valence-electron chi connectivity index (χ1n) is 4.94. The highest BCUT2D eigenvalue weighted by Gasteiger charge is 2.35. The molecule has 0 spiro atoms. The molecule has 0 amide bonds. The van der Waals surface area contributed by atoms with Crippen LogP contribution in [0.15, 0.2) is 36.9 Å². The predicted molar refractivity (Wildman–Crippen MR) is 57.2 cm³/mol. The van der Waals surface area contributed by atoms with E-state index in [-0.39, 0.29) is 5.41 Å². The molecular formula is C13H14O. The van der Waals surface area contributed by atoms with Gasteiger partial charge in [0.25, 0.3) is 0 Å². The Kier molecular flexibility index (Phi) is 2.24. The molecule has 2 rings (SSSR count). The number of hydrogen-bond donors (Lipinski definition) is 0. The van der Waals surface area contributed by atoms with Crippen molar-refractivity contribution < 1.29 is 4.79 Å². The van der Waals surface area contributed by atoms with E-state index in [2.05, 4.69) is 18.7 Å². The average molecular weight is 186 g/mol. The van der Waals surface area contributed by atoms with Gasteiger partial charge in [-0.1, -0.05) is 30.3 Å². The largest absolute Gasteiger partial charge is 0.303 e. The van der Waals surface area contributed by atoms with Crippen LogP contribution < -0.4 is 0 Å². The van der Waals surface area contributed by atoms with E-state index in [0.717, 1.165) is 25.5 Å². The van der Waals surface area contributed by atoms with Gasteiger partial charge >= 0.3 is 0 Å². The van der Waals surface area contributed by atoms with E-state index >= 15 is 0 Å². The highest BCUT2D eigenvalue weighted by atomic mass is 16.1. The maximum absolute atomic E-state index is 11.1. The molecule has 1 aliphatic carbocycles. The summed E-state index contributed by atoms with van der Waals surface area (Å²) >= 11 is 0. The monoisotopic (exact) mass is 186 g/mol. The summed E-state index contributed by atoms with van der Waals surface area (Å²) in [7, 11) is 0. The standard InChI is InChI=1S/C13H14O/c1-2-7-13(10-14)8-11-5-3-4-6-12(11)9-13/h2-6,10H,1,7-9H2. The van der Waals surface area contributed by atoms with E-state index in [1.165, 1.54) is 11.1 Å². The molecule has 0 saturated carbocycles. The summed E-state index contributed by atoms with van der Waals surface area (Å²) in [5.74, 6) is 0. The molecule has 0 aliphatic heterocycles. The lowest BCUT2D eigenvalue weighted by Gasteiger charge is -2.18. The molecule has 0 radical (unpaired) electrons. The van der Waals surface area contributed by atoms with Crippen molar-refractivity contribution in [2.24, 2.45) is 5.41 Å². The highest BCUT2D eigenvalue weighted by Crippen LogP contribution is 2.38. The summed E-state index contributed by atoms with van der Waals surface area (Å²) in [5, 5.41) is 0. The van der Waals surface area contributed by atoms with Gasteiger partial charge in [0.05, 0.1) is 0 Å². The fraction of sp³-hybridized carbons (Fsp3) is 0.308. The fourth-order valence-electron chi connectivity index (χ4n) is 2.29. The summed E-state index contributed by atoms with van der Waals surface area (Å²) in [5.41, 5.74) is 2.44. The predicted octanol–water partition coefficient (Wildman–Crippen LogP) is 2.55. The molecule has 1 nitrogen and oxygen atoms in total. The second-order valence-corrected chi connectivity index (χ2v) is 4.10. The third-order valence-electron chi connectivity index (χ3n) is 3.00. The highest BCUT2D eigenvalue weighted by molar-refractivity contribution is 5.64. The Morgan fingerprint density at radius 3 is 2.29 bits per heavy atom. The molecule has 14 heavy (non-hydrogen) atoms. The molecule has 1 heteroatoms. The summed E-state index contributed by atoms with van der Waals surface area (Å²) in [6, 6.07) is 8.30. The molecule has 0 saturated heterocycles. The molecule has 0 unspecified atom stereocenters. The molecule has 0 aromatic heterocycles. The van der Waals surface area contributed by atoms with E-state index in [9.17, 15) is 4.79 Å². The number of carbonyl (C=O) groups is 1. The van der Waals surface area contributed by atoms with Crippen LogP contribution in [-0.2, 0) is 17.6 Å². The van der Waals surface area contributed by atoms with Gasteiger partial charge in [0.15, 0.2) is 0 Å². The van der Waals surface area contributed by atoms with E-state index in [1.807, 2.05) is 18.2 Å². The molecular weight excluding hydrogens is 172 g/mol. The van der Waals surface area contributed by atoms with Gasteiger partial charge in [0.1, 0.15) is 6.29 Å². The van der Waals surface area contributed by atoms with Crippen molar-refractivity contribution in [3.63, 3.8) is 0 Å². The van der Waals surface area contributed by atoms with Gasteiger partial charge in [-0.3, -0.25) is 0 Å². The van der Waals surface area contributed by atoms with Gasteiger partial charge in [-0.15, -0.1) is 6.58 Å². The first-order valence-corrected chi connectivity index (χ1v) is 4.94. The number of aldehydes is 1. The zero-order chi connectivity index (χ0) is 10.0. The van der Waals surface area contributed by atoms with Crippen LogP contribution in [0.3, 0.4) is 0 Å². The maximum atomic E-state index is 11.1. The van der Waals surface area contributed by atoms with E-state index < -0.39 is 0 Å². The number of allylic oxidation sites excluding steroid dienone is 1. The first-order chi connectivity index (χ1) is 6.79. The van der Waals surface area contributed by atoms with Gasteiger partial charge in [0, 0.05) is 5.41 Å². The quantitative estimate of drug-likeness (QED) is 0.523. The SMILES string of the molecule is C=CCC1(C=O)Cc2ccccc2C1. The van der Waals surface area contributed by atoms with Crippen molar-refractivity contribution in [2.45, 2.75) is 19.3 Å². The smallest absolute Gasteiger partial charge is 0.127 e. The Morgan fingerprint density at radius 2 is 1.86 bits per heavy atom. The minimum absolute atomic E-state index is 0.203. The molecule has 72 valence electrons. The minimum Gasteiger partial charge on any atom is -0.303 e. The molecule has 0 heterocycles. The molecule has 0 atom stereocenters. The number of hydrogen-bond acceptors (Lipinski definition) is 1. The van der Waals surface area contributed by atoms with Crippen LogP contribution in [0.5, 0.6) is 0 Å². The Balaban J connectivity index is 2.31. The maximum Gasteiger partial charge on any atom is 0.127 e. The molecule has 1 aromatic rings. The molecule has 1 aromatic carbocycles. The van der Waals surface area contributed by atoms with Crippen molar-refractivity contribution in [1.29, 1.82) is 0 Å². The van der Waals surface area contributed by atoms with Crippen molar-refractivity contribution in [3.8, 4) is 0 Å². The van der Waals surface area contributed by atoms with Crippen molar-refractivity contribution >= 4 is 6.29 Å². The number of fused-ring (bicyclic) bond motifs is 1. The summed E-state index contributed by atoms with van der Waals surface area (Å²) < 4.78 is 0. The van der Waals surface area contributed by atoms with Crippen LogP contribution in [0.25, 0.3) is 0 Å². The third kappa shape index (κ3) is 1.39. The van der Waals surface area contributed by atoms with Gasteiger partial charge in [0.2, 0.25) is 0 Å². The Bertz CT molecular complexity index is 340. The molecule has 0 N–H and O–H groups in total. The fourth-order valence-corrected chi connectivity index (χ4v) is 2.29. The van der Waals surface area contributed by atoms with Crippen LogP contribution in [0.1, 0.15) is 17.5 Å². The topological polar surface area (TPSA) is 17.1 Å². The zero-order valence-electron chi connectivity index (χ0n) is 8.20. The lowest BCUT2D eigenvalue weighted by molar-refractivity contribution is -0.115. The van der Waals surface area contributed by atoms with E-state index in [1.54, 1.807) is 0 Å². The minimum atomic E-state index is -0.203. The van der Waals surface area contributed by atoms with Crippen LogP contribution >= 0.6 is 0 Å². The molecule has 0 bridgehead atoms. The Morgan fingerprint density at radius 1 is 1.29 bits per heavy atom. The first kappa shape index (κ1) is 9.20. The van der Waals surface area contributed by atoms with Gasteiger partial charge in [-0.05, 0) is 30.4 Å². The average Bonchev–Trinajstić information content (AvgIpc) is 2.57. The number of benzene rings is 1. The second kappa shape index (κ2) is 3.41. The normalized spacial score (nSPS) is 17.4. The zero-order valence-corrected chi connectivity index (χ0v) is 8.20. The van der Waals surface area contributed by atoms with Crippen LogP contribution in [-0.4, -0.2) is 6.29 Å². The summed E-state index contributed by atoms with van der Waals surface area (Å²) in [6.45, 7) is 3.72. The Labute approximate surface area is 84.5 Å². The lowest BCUT2D eigenvalue weighted by atomic mass is 9.83. The molecule has 0 fully saturated rings. The Hall–Kier alpha value is -1.37. The summed E-state index contributed by atoms with van der Waals surface area (Å²) in [4.78, 5) is 11.1. The van der Waals surface area contributed by atoms with E-state index in [0.29, 0.717) is 0 Å². The van der Waals surface area contributed by atoms with Gasteiger partial charge in [-0.2, -0.15) is 0 Å². The third-order valence-corrected chi connectivity index (χ3v) is 3.00. The van der Waals surface area contributed by atoms with Crippen LogP contribution in [0, 0.1) is 5.41 Å². The second-order valence-electron chi connectivity index (χ2n) is 4.10. The van der Waals surface area contributed by atoms with Crippen LogP contribution in [0.4, 0.5) is 0 Å². The molecule has 1 aliphatic rings. The number of carbonyl (C=O) groups excluding carboxylic acids is 1. The number of rotatable bonds is 3. The van der Waals surface area contributed by atoms with Crippen molar-refractivity contribution in [2.75, 3.05) is 0 Å². The summed E-state index contributed by atoms with van der Waals surface area (Å²) in [6.07, 6.45) is 5.48. The lowest BCUT2D eigenvalue weighted by Crippen LogP contribution is -2.22. The van der Waals surface area contributed by atoms with Gasteiger partial charge < -0.3 is 4.79 Å². The van der Waals surface area contributed by atoms with E-state index in [4.69, 9.17) is 0 Å². The van der Waals surface area contributed by atoms with Crippen molar-refractivity contribution in [1.82, 2.24) is 0 Å². The van der Waals surface area contributed by atoms with Gasteiger partial charge in [-0.25, -0.2) is 0 Å². The van der Waals surface area contributed by atoms with Crippen molar-refractivity contribution in [3.05, 3.63) is 48.0 Å².